The van der Waals surface area contributed by atoms with Crippen molar-refractivity contribution in [1.82, 2.24) is 9.78 Å². The molecule has 1 saturated carbocycles. The van der Waals surface area contributed by atoms with E-state index >= 15 is 0 Å². The van der Waals surface area contributed by atoms with Gasteiger partial charge in [0.25, 0.3) is 5.91 Å². The second kappa shape index (κ2) is 12.1. The predicted molar refractivity (Wildman–Crippen MR) is 148 cm³/mol. The van der Waals surface area contributed by atoms with Crippen molar-refractivity contribution >= 4 is 29.3 Å². The Morgan fingerprint density at radius 1 is 1.03 bits per heavy atom. The number of hydrogen-bond acceptors (Lipinski definition) is 5. The third-order valence-electron chi connectivity index (χ3n) is 6.96. The molecule has 1 fully saturated rings. The summed E-state index contributed by atoms with van der Waals surface area (Å²) in [5.41, 5.74) is 2.13. The Kier molecular flexibility index (Phi) is 8.61. The number of rotatable bonds is 8. The summed E-state index contributed by atoms with van der Waals surface area (Å²) in [4.78, 5) is 40.7. The van der Waals surface area contributed by atoms with Crippen molar-refractivity contribution in [2.45, 2.75) is 59.4 Å². The van der Waals surface area contributed by atoms with Crippen LogP contribution < -0.4 is 10.2 Å². The van der Waals surface area contributed by atoms with Crippen LogP contribution in [0.3, 0.4) is 0 Å². The van der Waals surface area contributed by atoms with Crippen LogP contribution in [0.4, 0.5) is 11.5 Å². The van der Waals surface area contributed by atoms with Crippen LogP contribution in [0.2, 0.25) is 0 Å². The van der Waals surface area contributed by atoms with Crippen LogP contribution in [0, 0.1) is 11.8 Å². The molecule has 1 heterocycles. The van der Waals surface area contributed by atoms with E-state index in [0.717, 1.165) is 25.7 Å². The van der Waals surface area contributed by atoms with Crippen LogP contribution in [0.15, 0.2) is 60.8 Å². The van der Waals surface area contributed by atoms with Crippen molar-refractivity contribution in [2.24, 2.45) is 11.8 Å². The minimum absolute atomic E-state index is 0.00155. The van der Waals surface area contributed by atoms with E-state index < -0.39 is 5.97 Å². The van der Waals surface area contributed by atoms with Crippen molar-refractivity contribution in [3.8, 4) is 5.69 Å². The van der Waals surface area contributed by atoms with Gasteiger partial charge in [-0.2, -0.15) is 0 Å². The standard InChI is InChI=1S/C30H36N4O4/c1-5-38-30(37)26-19-33(25-17-15-24(16-18-25)31-28(35)22-9-7-6-8-10-22)32-27(26)34(20(2)3)29(36)23-13-11-21(4)12-14-23/h6-10,15-21,23H,5,11-14H2,1-4H3,(H,31,35)/t21-,23-. The topological polar surface area (TPSA) is 93.5 Å². The monoisotopic (exact) mass is 516 g/mol. The number of nitrogens with one attached hydrogen (secondary N) is 1. The van der Waals surface area contributed by atoms with Gasteiger partial charge in [0.15, 0.2) is 5.82 Å². The molecular formula is C30H36N4O4. The molecule has 0 bridgehead atoms. The molecule has 200 valence electrons. The van der Waals surface area contributed by atoms with E-state index in [0.29, 0.717) is 28.7 Å². The van der Waals surface area contributed by atoms with Gasteiger partial charge in [0.2, 0.25) is 5.91 Å². The molecule has 8 nitrogen and oxygen atoms in total. The number of anilines is 2. The summed E-state index contributed by atoms with van der Waals surface area (Å²) in [5.74, 6) is 0.136. The number of benzene rings is 2. The lowest BCUT2D eigenvalue weighted by Crippen LogP contribution is -2.43. The number of esters is 1. The zero-order chi connectivity index (χ0) is 27.2. The lowest BCUT2D eigenvalue weighted by molar-refractivity contribution is -0.124. The Labute approximate surface area is 224 Å². The highest BCUT2D eigenvalue weighted by atomic mass is 16.5. The van der Waals surface area contributed by atoms with E-state index in [1.807, 2.05) is 32.0 Å². The van der Waals surface area contributed by atoms with Crippen LogP contribution in [-0.4, -0.2) is 40.2 Å². The first-order chi connectivity index (χ1) is 18.3. The van der Waals surface area contributed by atoms with Gasteiger partial charge in [0.05, 0.1) is 12.3 Å². The minimum atomic E-state index is -0.517. The predicted octanol–water partition coefficient (Wildman–Crippen LogP) is 5.87. The van der Waals surface area contributed by atoms with E-state index in [1.165, 1.54) is 0 Å². The van der Waals surface area contributed by atoms with Gasteiger partial charge in [0.1, 0.15) is 5.56 Å². The summed E-state index contributed by atoms with van der Waals surface area (Å²) < 4.78 is 6.89. The van der Waals surface area contributed by atoms with E-state index in [9.17, 15) is 14.4 Å². The maximum Gasteiger partial charge on any atom is 0.343 e. The fourth-order valence-corrected chi connectivity index (χ4v) is 4.83. The molecule has 1 aliphatic rings. The van der Waals surface area contributed by atoms with E-state index in [4.69, 9.17) is 9.84 Å². The van der Waals surface area contributed by atoms with Crippen molar-refractivity contribution in [3.63, 3.8) is 0 Å². The number of carbonyl (C=O) groups is 3. The first kappa shape index (κ1) is 27.1. The van der Waals surface area contributed by atoms with E-state index in [2.05, 4.69) is 12.2 Å². The maximum absolute atomic E-state index is 13.7. The lowest BCUT2D eigenvalue weighted by atomic mass is 9.82. The van der Waals surface area contributed by atoms with Crippen LogP contribution in [0.1, 0.15) is 74.1 Å². The second-order valence-corrected chi connectivity index (χ2v) is 10.2. The first-order valence-electron chi connectivity index (χ1n) is 13.3. The van der Waals surface area contributed by atoms with Crippen LogP contribution in [0.25, 0.3) is 5.69 Å². The maximum atomic E-state index is 13.7. The zero-order valence-corrected chi connectivity index (χ0v) is 22.5. The third-order valence-corrected chi connectivity index (χ3v) is 6.96. The highest BCUT2D eigenvalue weighted by Crippen LogP contribution is 2.33. The molecule has 1 aromatic heterocycles. The summed E-state index contributed by atoms with van der Waals surface area (Å²) >= 11 is 0. The average Bonchev–Trinajstić information content (AvgIpc) is 3.35. The second-order valence-electron chi connectivity index (χ2n) is 10.2. The largest absolute Gasteiger partial charge is 0.462 e. The number of amides is 2. The minimum Gasteiger partial charge on any atom is -0.462 e. The van der Waals surface area contributed by atoms with E-state index in [1.54, 1.807) is 59.1 Å². The van der Waals surface area contributed by atoms with Crippen molar-refractivity contribution < 1.29 is 19.1 Å². The number of nitrogens with zero attached hydrogens (tertiary/aromatic N) is 3. The summed E-state index contributed by atoms with van der Waals surface area (Å²) in [6, 6.07) is 16.0. The highest BCUT2D eigenvalue weighted by molar-refractivity contribution is 6.04. The summed E-state index contributed by atoms with van der Waals surface area (Å²) in [5, 5.41) is 7.59. The van der Waals surface area contributed by atoms with Gasteiger partial charge < -0.3 is 10.1 Å². The zero-order valence-electron chi connectivity index (χ0n) is 22.5. The van der Waals surface area contributed by atoms with Gasteiger partial charge in [-0.05, 0) is 88.8 Å². The fourth-order valence-electron chi connectivity index (χ4n) is 4.83. The lowest BCUT2D eigenvalue weighted by Gasteiger charge is -2.32. The van der Waals surface area contributed by atoms with Crippen molar-refractivity contribution in [3.05, 3.63) is 71.9 Å². The summed E-state index contributed by atoms with van der Waals surface area (Å²) in [7, 11) is 0. The SMILES string of the molecule is CCOC(=O)c1cn(-c2ccc(NC(=O)c3ccccc3)cc2)nc1N(C(=O)[C@H]1CC[C@H](C)CC1)C(C)C. The Balaban J connectivity index is 1.62. The molecule has 0 unspecified atom stereocenters. The van der Waals surface area contributed by atoms with Crippen LogP contribution in [0.5, 0.6) is 0 Å². The van der Waals surface area contributed by atoms with Gasteiger partial charge in [-0.3, -0.25) is 14.5 Å². The molecule has 2 amide bonds. The number of carbonyl (C=O) groups excluding carboxylic acids is 3. The van der Waals surface area contributed by atoms with E-state index in [-0.39, 0.29) is 35.9 Å². The average molecular weight is 517 g/mol. The molecule has 0 spiro atoms. The first-order valence-corrected chi connectivity index (χ1v) is 13.3. The number of ether oxygens (including phenoxy) is 1. The Bertz CT molecular complexity index is 1260. The van der Waals surface area contributed by atoms with Crippen LogP contribution in [-0.2, 0) is 9.53 Å². The fraction of sp³-hybridized carbons (Fsp3) is 0.400. The smallest absolute Gasteiger partial charge is 0.343 e. The molecule has 0 atom stereocenters. The molecule has 8 heteroatoms. The number of aromatic nitrogens is 2. The van der Waals surface area contributed by atoms with Gasteiger partial charge in [0, 0.05) is 29.4 Å². The van der Waals surface area contributed by atoms with Gasteiger partial charge >= 0.3 is 5.97 Å². The molecule has 4 rings (SSSR count). The molecule has 1 N–H and O–H groups in total. The highest BCUT2D eigenvalue weighted by Gasteiger charge is 2.34. The molecule has 38 heavy (non-hydrogen) atoms. The Morgan fingerprint density at radius 3 is 2.29 bits per heavy atom. The normalized spacial score (nSPS) is 17.2. The van der Waals surface area contributed by atoms with Crippen LogP contribution >= 0.6 is 0 Å². The van der Waals surface area contributed by atoms with Gasteiger partial charge in [-0.15, -0.1) is 5.10 Å². The number of hydrogen-bond donors (Lipinski definition) is 1. The Hall–Kier alpha value is -3.94. The molecule has 2 aromatic carbocycles. The summed E-state index contributed by atoms with van der Waals surface area (Å²) in [6.07, 6.45) is 5.34. The molecular weight excluding hydrogens is 480 g/mol. The molecule has 1 aliphatic carbocycles. The van der Waals surface area contributed by atoms with Crippen molar-refractivity contribution in [1.29, 1.82) is 0 Å². The van der Waals surface area contributed by atoms with Crippen molar-refractivity contribution in [2.75, 3.05) is 16.8 Å². The molecule has 0 aliphatic heterocycles. The van der Waals surface area contributed by atoms with Gasteiger partial charge in [-0.1, -0.05) is 25.1 Å². The Morgan fingerprint density at radius 2 is 1.68 bits per heavy atom. The summed E-state index contributed by atoms with van der Waals surface area (Å²) in [6.45, 7) is 8.05. The molecule has 3 aromatic rings. The quantitative estimate of drug-likeness (QED) is 0.378. The van der Waals surface area contributed by atoms with Gasteiger partial charge in [-0.25, -0.2) is 9.48 Å². The molecule has 0 radical (unpaired) electrons. The molecule has 0 saturated heterocycles. The third kappa shape index (κ3) is 6.13.